The van der Waals surface area contributed by atoms with Crippen LogP contribution in [0.1, 0.15) is 17.4 Å². The third kappa shape index (κ3) is 3.10. The number of carbonyl (C=O) groups excluding carboxylic acids is 1. The Labute approximate surface area is 112 Å². The Morgan fingerprint density at radius 3 is 3.11 bits per heavy atom. The van der Waals surface area contributed by atoms with E-state index >= 15 is 0 Å². The Morgan fingerprint density at radius 2 is 2.39 bits per heavy atom. The molecular weight excluding hydrogens is 300 g/mol. The van der Waals surface area contributed by atoms with Crippen LogP contribution in [0.25, 0.3) is 0 Å². The Kier molecular flexibility index (Phi) is 3.99. The molecule has 0 bridgehead atoms. The van der Waals surface area contributed by atoms with Crippen molar-refractivity contribution in [2.45, 2.75) is 6.92 Å². The molecular formula is C12H11BrN2O3. The van der Waals surface area contributed by atoms with E-state index in [1.165, 1.54) is 6.26 Å². The molecule has 0 aliphatic carbocycles. The average molecular weight is 311 g/mol. The number of carbonyl (C=O) groups is 1. The Morgan fingerprint density at radius 1 is 1.56 bits per heavy atom. The van der Waals surface area contributed by atoms with Crippen LogP contribution >= 0.6 is 15.9 Å². The van der Waals surface area contributed by atoms with Gasteiger partial charge in [0.1, 0.15) is 6.26 Å². The summed E-state index contributed by atoms with van der Waals surface area (Å²) in [5.74, 6) is -0.497. The largest absolute Gasteiger partial charge is 0.461 e. The van der Waals surface area contributed by atoms with Crippen molar-refractivity contribution in [3.63, 3.8) is 0 Å². The van der Waals surface area contributed by atoms with Crippen molar-refractivity contribution in [3.8, 4) is 0 Å². The number of aromatic nitrogens is 1. The number of esters is 1. The number of rotatable bonds is 4. The van der Waals surface area contributed by atoms with Crippen molar-refractivity contribution < 1.29 is 13.9 Å². The number of nitrogens with zero attached hydrogens (tertiary/aromatic N) is 1. The van der Waals surface area contributed by atoms with Crippen LogP contribution in [0.5, 0.6) is 0 Å². The Hall–Kier alpha value is -1.82. The number of benzene rings is 1. The van der Waals surface area contributed by atoms with Gasteiger partial charge in [-0.15, -0.1) is 0 Å². The SMILES string of the molecule is CCOC(=O)c1coc(Nc2cccc(Br)c2)n1. The maximum atomic E-state index is 11.4. The van der Waals surface area contributed by atoms with E-state index in [0.29, 0.717) is 6.61 Å². The van der Waals surface area contributed by atoms with Gasteiger partial charge in [0.05, 0.1) is 6.61 Å². The lowest BCUT2D eigenvalue weighted by atomic mass is 10.3. The molecule has 1 N–H and O–H groups in total. The highest BCUT2D eigenvalue weighted by atomic mass is 79.9. The summed E-state index contributed by atoms with van der Waals surface area (Å²) >= 11 is 3.36. The Bertz CT molecular complexity index is 554. The summed E-state index contributed by atoms with van der Waals surface area (Å²) in [5, 5.41) is 2.95. The van der Waals surface area contributed by atoms with Crippen LogP contribution in [0.4, 0.5) is 11.7 Å². The third-order valence-electron chi connectivity index (χ3n) is 2.06. The summed E-state index contributed by atoms with van der Waals surface area (Å²) in [4.78, 5) is 15.4. The minimum Gasteiger partial charge on any atom is -0.461 e. The molecule has 2 aromatic rings. The number of hydrogen-bond acceptors (Lipinski definition) is 5. The molecule has 0 fully saturated rings. The molecule has 0 saturated carbocycles. The van der Waals surface area contributed by atoms with E-state index < -0.39 is 5.97 Å². The molecule has 1 aromatic heterocycles. The molecule has 0 radical (unpaired) electrons. The predicted octanol–water partition coefficient (Wildman–Crippen LogP) is 3.36. The van der Waals surface area contributed by atoms with Crippen LogP contribution in [-0.4, -0.2) is 17.6 Å². The van der Waals surface area contributed by atoms with Crippen LogP contribution in [0.15, 0.2) is 39.4 Å². The van der Waals surface area contributed by atoms with Crippen molar-refractivity contribution >= 4 is 33.6 Å². The van der Waals surface area contributed by atoms with E-state index in [1.807, 2.05) is 24.3 Å². The molecule has 18 heavy (non-hydrogen) atoms. The summed E-state index contributed by atoms with van der Waals surface area (Å²) in [7, 11) is 0. The van der Waals surface area contributed by atoms with Crippen molar-refractivity contribution in [1.29, 1.82) is 0 Å². The highest BCUT2D eigenvalue weighted by Gasteiger charge is 2.13. The number of halogens is 1. The second-order valence-electron chi connectivity index (χ2n) is 3.39. The van der Waals surface area contributed by atoms with Crippen molar-refractivity contribution in [2.24, 2.45) is 0 Å². The van der Waals surface area contributed by atoms with Gasteiger partial charge in [0.2, 0.25) is 0 Å². The highest BCUT2D eigenvalue weighted by Crippen LogP contribution is 2.20. The lowest BCUT2D eigenvalue weighted by Crippen LogP contribution is -2.04. The highest BCUT2D eigenvalue weighted by molar-refractivity contribution is 9.10. The average Bonchev–Trinajstić information content (AvgIpc) is 2.78. The molecule has 5 nitrogen and oxygen atoms in total. The van der Waals surface area contributed by atoms with Crippen LogP contribution in [0, 0.1) is 0 Å². The van der Waals surface area contributed by atoms with Gasteiger partial charge in [-0.2, -0.15) is 4.98 Å². The fourth-order valence-corrected chi connectivity index (χ4v) is 1.72. The van der Waals surface area contributed by atoms with Crippen LogP contribution in [0.2, 0.25) is 0 Å². The quantitative estimate of drug-likeness (QED) is 0.877. The standard InChI is InChI=1S/C12H11BrN2O3/c1-2-17-11(16)10-7-18-12(15-10)14-9-5-3-4-8(13)6-9/h3-7H,2H2,1H3,(H,14,15). The van der Waals surface area contributed by atoms with Gasteiger partial charge in [-0.25, -0.2) is 4.79 Å². The molecule has 6 heteroatoms. The van der Waals surface area contributed by atoms with E-state index in [2.05, 4.69) is 26.2 Å². The second kappa shape index (κ2) is 5.68. The monoisotopic (exact) mass is 310 g/mol. The lowest BCUT2D eigenvalue weighted by molar-refractivity contribution is 0.0519. The summed E-state index contributed by atoms with van der Waals surface area (Å²) in [5.41, 5.74) is 0.955. The van der Waals surface area contributed by atoms with E-state index in [1.54, 1.807) is 6.92 Å². The third-order valence-corrected chi connectivity index (χ3v) is 2.56. The first kappa shape index (κ1) is 12.6. The van der Waals surface area contributed by atoms with Crippen molar-refractivity contribution in [3.05, 3.63) is 40.7 Å². The fourth-order valence-electron chi connectivity index (χ4n) is 1.32. The van der Waals surface area contributed by atoms with Gasteiger partial charge >= 0.3 is 5.97 Å². The zero-order chi connectivity index (χ0) is 13.0. The topological polar surface area (TPSA) is 64.4 Å². The van der Waals surface area contributed by atoms with Gasteiger partial charge in [0, 0.05) is 10.2 Å². The van der Waals surface area contributed by atoms with Crippen molar-refractivity contribution in [2.75, 3.05) is 11.9 Å². The number of hydrogen-bond donors (Lipinski definition) is 1. The van der Waals surface area contributed by atoms with Gasteiger partial charge in [0.15, 0.2) is 5.69 Å². The molecule has 0 aliphatic rings. The molecule has 1 heterocycles. The molecule has 0 saturated heterocycles. The van der Waals surface area contributed by atoms with Crippen LogP contribution in [-0.2, 0) is 4.74 Å². The Balaban J connectivity index is 2.09. The van der Waals surface area contributed by atoms with Crippen LogP contribution < -0.4 is 5.32 Å². The molecule has 1 aromatic carbocycles. The van der Waals surface area contributed by atoms with Gasteiger partial charge in [-0.05, 0) is 25.1 Å². The van der Waals surface area contributed by atoms with E-state index in [-0.39, 0.29) is 11.7 Å². The van der Waals surface area contributed by atoms with Crippen LogP contribution in [0.3, 0.4) is 0 Å². The van der Waals surface area contributed by atoms with E-state index in [9.17, 15) is 4.79 Å². The van der Waals surface area contributed by atoms with Crippen molar-refractivity contribution in [1.82, 2.24) is 4.98 Å². The summed E-state index contributed by atoms with van der Waals surface area (Å²) in [6.45, 7) is 2.04. The molecule has 0 unspecified atom stereocenters. The van der Waals surface area contributed by atoms with Gasteiger partial charge in [-0.3, -0.25) is 0 Å². The normalized spacial score (nSPS) is 10.1. The summed E-state index contributed by atoms with van der Waals surface area (Å²) in [6, 6.07) is 7.76. The first-order valence-corrected chi connectivity index (χ1v) is 6.13. The number of anilines is 2. The van der Waals surface area contributed by atoms with E-state index in [0.717, 1.165) is 10.2 Å². The lowest BCUT2D eigenvalue weighted by Gasteiger charge is -2.01. The minimum absolute atomic E-state index is 0.148. The maximum absolute atomic E-state index is 11.4. The van der Waals surface area contributed by atoms with Gasteiger partial charge < -0.3 is 14.5 Å². The zero-order valence-electron chi connectivity index (χ0n) is 9.64. The first-order valence-electron chi connectivity index (χ1n) is 5.34. The molecule has 94 valence electrons. The van der Waals surface area contributed by atoms with Gasteiger partial charge in [0.25, 0.3) is 6.01 Å². The predicted molar refractivity (Wildman–Crippen MR) is 69.9 cm³/mol. The minimum atomic E-state index is -0.497. The molecule has 0 atom stereocenters. The molecule has 0 aliphatic heterocycles. The smallest absolute Gasteiger partial charge is 0.360 e. The first-order chi connectivity index (χ1) is 8.69. The fraction of sp³-hybridized carbons (Fsp3) is 0.167. The van der Waals surface area contributed by atoms with Gasteiger partial charge in [-0.1, -0.05) is 22.0 Å². The van der Waals surface area contributed by atoms with E-state index in [4.69, 9.17) is 9.15 Å². The molecule has 0 amide bonds. The number of oxazole rings is 1. The molecule has 2 rings (SSSR count). The number of ether oxygens (including phenoxy) is 1. The maximum Gasteiger partial charge on any atom is 0.360 e. The number of nitrogens with one attached hydrogen (secondary N) is 1. The summed E-state index contributed by atoms with van der Waals surface area (Å²) < 4.78 is 10.9. The summed E-state index contributed by atoms with van der Waals surface area (Å²) in [6.07, 6.45) is 1.26. The zero-order valence-corrected chi connectivity index (χ0v) is 11.2. The molecule has 0 spiro atoms. The second-order valence-corrected chi connectivity index (χ2v) is 4.31.